The molecule has 0 bridgehead atoms. The van der Waals surface area contributed by atoms with Gasteiger partial charge in [0.15, 0.2) is 5.82 Å². The number of nitrogens with zero attached hydrogens (tertiary/aromatic N) is 3. The van der Waals surface area contributed by atoms with Crippen LogP contribution < -0.4 is 4.90 Å². The molecule has 2 aromatic heterocycles. The number of hydrogen-bond acceptors (Lipinski definition) is 3. The van der Waals surface area contributed by atoms with E-state index in [-0.39, 0.29) is 5.82 Å². The smallest absolute Gasteiger partial charge is 0.156 e. The average Bonchev–Trinajstić information content (AvgIpc) is 2.86. The topological polar surface area (TPSA) is 44.8 Å². The molecular weight excluding hydrogens is 267 g/mol. The van der Waals surface area contributed by atoms with Crippen LogP contribution >= 0.6 is 0 Å². The van der Waals surface area contributed by atoms with Crippen LogP contribution in [0.4, 0.5) is 10.2 Å². The number of rotatable bonds is 1. The van der Waals surface area contributed by atoms with Gasteiger partial charge in [0.25, 0.3) is 0 Å². The van der Waals surface area contributed by atoms with Gasteiger partial charge in [-0.1, -0.05) is 6.92 Å². The van der Waals surface area contributed by atoms with Crippen LogP contribution in [0.3, 0.4) is 0 Å². The molecule has 1 aliphatic rings. The molecule has 3 heterocycles. The lowest BCUT2D eigenvalue weighted by molar-refractivity contribution is 0.437. The molecule has 5 heteroatoms. The highest BCUT2D eigenvalue weighted by atomic mass is 19.1. The highest BCUT2D eigenvalue weighted by Crippen LogP contribution is 2.31. The third kappa shape index (κ3) is 2.04. The number of fused-ring (bicyclic) bond motifs is 3. The van der Waals surface area contributed by atoms with E-state index in [4.69, 9.17) is 0 Å². The molecule has 0 amide bonds. The number of aromatic nitrogens is 3. The molecule has 0 radical (unpaired) electrons. The maximum Gasteiger partial charge on any atom is 0.156 e. The van der Waals surface area contributed by atoms with E-state index in [1.54, 1.807) is 12.4 Å². The van der Waals surface area contributed by atoms with Crippen LogP contribution in [-0.2, 0) is 0 Å². The van der Waals surface area contributed by atoms with Gasteiger partial charge in [-0.2, -0.15) is 0 Å². The van der Waals surface area contributed by atoms with Crippen molar-refractivity contribution in [2.45, 2.75) is 19.8 Å². The second kappa shape index (κ2) is 4.69. The lowest BCUT2D eigenvalue weighted by atomic mass is 9.99. The van der Waals surface area contributed by atoms with Gasteiger partial charge in [0.05, 0.1) is 0 Å². The van der Waals surface area contributed by atoms with Crippen LogP contribution in [0, 0.1) is 11.7 Å². The molecule has 0 aliphatic carbocycles. The molecule has 1 N–H and O–H groups in total. The SMILES string of the molecule is CC1CCN(c2ncnc3c2[nH]c2ccc(F)cc23)CC1. The van der Waals surface area contributed by atoms with E-state index in [0.717, 1.165) is 46.8 Å². The largest absolute Gasteiger partial charge is 0.355 e. The van der Waals surface area contributed by atoms with Crippen LogP contribution in [0.5, 0.6) is 0 Å². The zero-order valence-corrected chi connectivity index (χ0v) is 11.9. The Bertz CT molecular complexity index is 802. The third-order valence-electron chi connectivity index (χ3n) is 4.41. The Morgan fingerprint density at radius 1 is 1.24 bits per heavy atom. The summed E-state index contributed by atoms with van der Waals surface area (Å²) >= 11 is 0. The predicted molar refractivity (Wildman–Crippen MR) is 82.0 cm³/mol. The maximum absolute atomic E-state index is 13.5. The van der Waals surface area contributed by atoms with Gasteiger partial charge in [-0.05, 0) is 37.0 Å². The summed E-state index contributed by atoms with van der Waals surface area (Å²) < 4.78 is 13.5. The Labute approximate surface area is 122 Å². The van der Waals surface area contributed by atoms with Crippen molar-refractivity contribution in [2.24, 2.45) is 5.92 Å². The van der Waals surface area contributed by atoms with E-state index in [1.807, 2.05) is 0 Å². The van der Waals surface area contributed by atoms with E-state index in [1.165, 1.54) is 25.0 Å². The zero-order valence-electron chi connectivity index (χ0n) is 11.9. The molecule has 4 nitrogen and oxygen atoms in total. The molecule has 3 aromatic rings. The Morgan fingerprint density at radius 2 is 2.05 bits per heavy atom. The highest BCUT2D eigenvalue weighted by Gasteiger charge is 2.20. The van der Waals surface area contributed by atoms with Gasteiger partial charge in [0, 0.05) is 24.0 Å². The lowest BCUT2D eigenvalue weighted by Crippen LogP contribution is -2.33. The van der Waals surface area contributed by atoms with Crippen LogP contribution in [0.2, 0.25) is 0 Å². The van der Waals surface area contributed by atoms with Crippen LogP contribution in [0.15, 0.2) is 24.5 Å². The second-order valence-corrected chi connectivity index (χ2v) is 5.91. The molecule has 1 fully saturated rings. The summed E-state index contributed by atoms with van der Waals surface area (Å²) in [6.45, 7) is 4.31. The first kappa shape index (κ1) is 12.6. The van der Waals surface area contributed by atoms with Crippen molar-refractivity contribution in [1.82, 2.24) is 15.0 Å². The van der Waals surface area contributed by atoms with E-state index >= 15 is 0 Å². The van der Waals surface area contributed by atoms with E-state index in [9.17, 15) is 4.39 Å². The Morgan fingerprint density at radius 3 is 2.86 bits per heavy atom. The highest BCUT2D eigenvalue weighted by molar-refractivity contribution is 6.08. The molecule has 4 rings (SSSR count). The Kier molecular flexibility index (Phi) is 2.80. The van der Waals surface area contributed by atoms with Crippen molar-refractivity contribution in [3.63, 3.8) is 0 Å². The Hall–Kier alpha value is -2.17. The molecule has 1 aromatic carbocycles. The standard InChI is InChI=1S/C16H17FN4/c1-10-4-6-21(7-5-10)16-15-14(18-9-19-16)12-8-11(17)2-3-13(12)20-15/h2-3,8-10,20H,4-7H2,1H3. The van der Waals surface area contributed by atoms with Crippen molar-refractivity contribution < 1.29 is 4.39 Å². The fraction of sp³-hybridized carbons (Fsp3) is 0.375. The minimum absolute atomic E-state index is 0.240. The molecule has 21 heavy (non-hydrogen) atoms. The zero-order chi connectivity index (χ0) is 14.4. The minimum Gasteiger partial charge on any atom is -0.355 e. The summed E-state index contributed by atoms with van der Waals surface area (Å²) in [6, 6.07) is 4.75. The van der Waals surface area contributed by atoms with Crippen molar-refractivity contribution in [1.29, 1.82) is 0 Å². The van der Waals surface area contributed by atoms with Crippen molar-refractivity contribution in [3.05, 3.63) is 30.3 Å². The number of nitrogens with one attached hydrogen (secondary N) is 1. The summed E-state index contributed by atoms with van der Waals surface area (Å²) in [5.74, 6) is 1.47. The first-order valence-corrected chi connectivity index (χ1v) is 7.39. The normalized spacial score (nSPS) is 17.0. The molecule has 1 aliphatic heterocycles. The number of halogens is 1. The summed E-state index contributed by atoms with van der Waals surface area (Å²) in [4.78, 5) is 14.5. The summed E-state index contributed by atoms with van der Waals surface area (Å²) in [5.41, 5.74) is 2.61. The molecule has 1 saturated heterocycles. The minimum atomic E-state index is -0.240. The number of anilines is 1. The first-order valence-electron chi connectivity index (χ1n) is 7.39. The van der Waals surface area contributed by atoms with Crippen molar-refractivity contribution in [3.8, 4) is 0 Å². The lowest BCUT2D eigenvalue weighted by Gasteiger charge is -2.31. The summed E-state index contributed by atoms with van der Waals surface area (Å²) in [7, 11) is 0. The molecule has 0 saturated carbocycles. The van der Waals surface area contributed by atoms with Crippen LogP contribution in [0.25, 0.3) is 21.9 Å². The van der Waals surface area contributed by atoms with Gasteiger partial charge in [0.1, 0.15) is 23.2 Å². The average molecular weight is 284 g/mol. The van der Waals surface area contributed by atoms with E-state index in [2.05, 4.69) is 26.8 Å². The molecular formula is C16H17FN4. The molecule has 0 atom stereocenters. The van der Waals surface area contributed by atoms with Gasteiger partial charge in [0.2, 0.25) is 0 Å². The number of hydrogen-bond donors (Lipinski definition) is 1. The van der Waals surface area contributed by atoms with Gasteiger partial charge < -0.3 is 9.88 Å². The van der Waals surface area contributed by atoms with Crippen molar-refractivity contribution >= 4 is 27.8 Å². The number of piperidine rings is 1. The second-order valence-electron chi connectivity index (χ2n) is 5.91. The molecule has 0 unspecified atom stereocenters. The first-order chi connectivity index (χ1) is 10.2. The number of aromatic amines is 1. The fourth-order valence-electron chi connectivity index (χ4n) is 3.11. The van der Waals surface area contributed by atoms with Gasteiger partial charge in [-0.3, -0.25) is 0 Å². The van der Waals surface area contributed by atoms with Gasteiger partial charge >= 0.3 is 0 Å². The summed E-state index contributed by atoms with van der Waals surface area (Å²) in [6.07, 6.45) is 3.94. The van der Waals surface area contributed by atoms with Crippen LogP contribution in [-0.4, -0.2) is 28.0 Å². The monoisotopic (exact) mass is 284 g/mol. The third-order valence-corrected chi connectivity index (χ3v) is 4.41. The van der Waals surface area contributed by atoms with E-state index < -0.39 is 0 Å². The number of H-pyrrole nitrogens is 1. The quantitative estimate of drug-likeness (QED) is 0.744. The van der Waals surface area contributed by atoms with Crippen LogP contribution in [0.1, 0.15) is 19.8 Å². The van der Waals surface area contributed by atoms with Gasteiger partial charge in [-0.15, -0.1) is 0 Å². The van der Waals surface area contributed by atoms with E-state index in [0.29, 0.717) is 0 Å². The van der Waals surface area contributed by atoms with Gasteiger partial charge in [-0.25, -0.2) is 14.4 Å². The molecule has 108 valence electrons. The maximum atomic E-state index is 13.5. The van der Waals surface area contributed by atoms with Crippen molar-refractivity contribution in [2.75, 3.05) is 18.0 Å². The predicted octanol–water partition coefficient (Wildman–Crippen LogP) is 3.49. The number of benzene rings is 1. The summed E-state index contributed by atoms with van der Waals surface area (Å²) in [5, 5.41) is 0.819. The Balaban J connectivity index is 1.88. The fourth-order valence-corrected chi connectivity index (χ4v) is 3.11. The molecule has 0 spiro atoms.